The van der Waals surface area contributed by atoms with Crippen LogP contribution in [-0.4, -0.2) is 19.1 Å². The summed E-state index contributed by atoms with van der Waals surface area (Å²) in [6, 6.07) is 5.66. The van der Waals surface area contributed by atoms with Gasteiger partial charge in [-0.2, -0.15) is 0 Å². The van der Waals surface area contributed by atoms with Gasteiger partial charge in [0, 0.05) is 4.47 Å². The lowest BCUT2D eigenvalue weighted by molar-refractivity contribution is -0.122. The molecule has 0 fully saturated rings. The fourth-order valence-electron chi connectivity index (χ4n) is 1.07. The number of ether oxygens (including phenoxy) is 1. The van der Waals surface area contributed by atoms with Gasteiger partial charge in [-0.05, 0) is 24.6 Å². The third-order valence-corrected chi connectivity index (χ3v) is 2.39. The van der Waals surface area contributed by atoms with E-state index in [-0.39, 0.29) is 19.1 Å². The minimum Gasteiger partial charge on any atom is -0.483 e. The first-order valence-electron chi connectivity index (χ1n) is 4.72. The predicted octanol–water partition coefficient (Wildman–Crippen LogP) is 1.89. The summed E-state index contributed by atoms with van der Waals surface area (Å²) in [6.07, 6.45) is 5.02. The number of nitrogens with one attached hydrogen (secondary N) is 1. The van der Waals surface area contributed by atoms with Crippen LogP contribution in [0.4, 0.5) is 0 Å². The van der Waals surface area contributed by atoms with E-state index in [9.17, 15) is 4.79 Å². The van der Waals surface area contributed by atoms with Crippen LogP contribution in [0.15, 0.2) is 22.7 Å². The van der Waals surface area contributed by atoms with Crippen LogP contribution in [-0.2, 0) is 4.79 Å². The molecule has 0 atom stereocenters. The summed E-state index contributed by atoms with van der Waals surface area (Å²) in [6.45, 7) is 2.11. The summed E-state index contributed by atoms with van der Waals surface area (Å²) < 4.78 is 6.28. The Balaban J connectivity index is 2.51. The number of hydrogen-bond acceptors (Lipinski definition) is 2. The Morgan fingerprint density at radius 2 is 2.38 bits per heavy atom. The van der Waals surface area contributed by atoms with Gasteiger partial charge >= 0.3 is 0 Å². The molecule has 0 aliphatic carbocycles. The molecular formula is C12H12BrNO2. The number of benzene rings is 1. The van der Waals surface area contributed by atoms with Crippen molar-refractivity contribution in [3.05, 3.63) is 28.2 Å². The monoisotopic (exact) mass is 281 g/mol. The Bertz CT molecular complexity index is 424. The third kappa shape index (κ3) is 3.95. The Morgan fingerprint density at radius 3 is 3.06 bits per heavy atom. The van der Waals surface area contributed by atoms with Gasteiger partial charge in [0.05, 0.1) is 6.54 Å². The van der Waals surface area contributed by atoms with Gasteiger partial charge in [0.2, 0.25) is 0 Å². The van der Waals surface area contributed by atoms with Gasteiger partial charge in [0.25, 0.3) is 5.91 Å². The van der Waals surface area contributed by atoms with E-state index in [1.165, 1.54) is 0 Å². The summed E-state index contributed by atoms with van der Waals surface area (Å²) >= 11 is 3.34. The average Bonchev–Trinajstić information content (AvgIpc) is 2.27. The number of amides is 1. The second kappa shape index (κ2) is 6.19. The highest BCUT2D eigenvalue weighted by molar-refractivity contribution is 9.10. The molecule has 0 aromatic heterocycles. The van der Waals surface area contributed by atoms with Crippen LogP contribution in [0.25, 0.3) is 0 Å². The lowest BCUT2D eigenvalue weighted by atomic mass is 10.2. The van der Waals surface area contributed by atoms with Gasteiger partial charge in [-0.15, -0.1) is 6.42 Å². The molecule has 1 rings (SSSR count). The molecule has 0 radical (unpaired) electrons. The summed E-state index contributed by atoms with van der Waals surface area (Å²) in [5.74, 6) is 2.78. The molecule has 0 saturated heterocycles. The SMILES string of the molecule is C#CCNC(=O)COc1cc(Br)ccc1C. The lowest BCUT2D eigenvalue weighted by Gasteiger charge is -2.08. The van der Waals surface area contributed by atoms with Crippen LogP contribution in [0.1, 0.15) is 5.56 Å². The molecule has 84 valence electrons. The molecule has 1 amide bonds. The first kappa shape index (κ1) is 12.6. The number of aryl methyl sites for hydroxylation is 1. The van der Waals surface area contributed by atoms with Crippen LogP contribution in [0.3, 0.4) is 0 Å². The van der Waals surface area contributed by atoms with Crippen molar-refractivity contribution in [2.24, 2.45) is 0 Å². The van der Waals surface area contributed by atoms with E-state index < -0.39 is 0 Å². The Labute approximate surface area is 103 Å². The van der Waals surface area contributed by atoms with E-state index in [1.54, 1.807) is 0 Å². The van der Waals surface area contributed by atoms with Gasteiger partial charge in [-0.3, -0.25) is 4.79 Å². The maximum atomic E-state index is 11.2. The van der Waals surface area contributed by atoms with E-state index in [4.69, 9.17) is 11.2 Å². The predicted molar refractivity (Wildman–Crippen MR) is 66.2 cm³/mol. The van der Waals surface area contributed by atoms with Crippen molar-refractivity contribution in [2.75, 3.05) is 13.2 Å². The molecule has 0 spiro atoms. The zero-order valence-electron chi connectivity index (χ0n) is 8.92. The molecule has 0 aliphatic rings. The number of halogens is 1. The average molecular weight is 282 g/mol. The first-order chi connectivity index (χ1) is 7.63. The highest BCUT2D eigenvalue weighted by atomic mass is 79.9. The van der Waals surface area contributed by atoms with Crippen molar-refractivity contribution < 1.29 is 9.53 Å². The van der Waals surface area contributed by atoms with Gasteiger partial charge < -0.3 is 10.1 Å². The quantitative estimate of drug-likeness (QED) is 0.856. The molecule has 16 heavy (non-hydrogen) atoms. The van der Waals surface area contributed by atoms with Gasteiger partial charge in [0.15, 0.2) is 6.61 Å². The minimum absolute atomic E-state index is 0.0288. The number of rotatable bonds is 4. The zero-order valence-corrected chi connectivity index (χ0v) is 10.5. The summed E-state index contributed by atoms with van der Waals surface area (Å²) in [5, 5.41) is 2.52. The molecule has 0 bridgehead atoms. The summed E-state index contributed by atoms with van der Waals surface area (Å²) in [7, 11) is 0. The fourth-order valence-corrected chi connectivity index (χ4v) is 1.41. The topological polar surface area (TPSA) is 38.3 Å². The molecule has 1 aromatic rings. The Hall–Kier alpha value is -1.47. The van der Waals surface area contributed by atoms with Gasteiger partial charge in [-0.1, -0.05) is 27.9 Å². The van der Waals surface area contributed by atoms with Gasteiger partial charge in [0.1, 0.15) is 5.75 Å². The second-order valence-corrected chi connectivity index (χ2v) is 4.10. The van der Waals surface area contributed by atoms with E-state index in [0.717, 1.165) is 10.0 Å². The molecule has 0 unspecified atom stereocenters. The molecular weight excluding hydrogens is 270 g/mol. The number of hydrogen-bond donors (Lipinski definition) is 1. The fraction of sp³-hybridized carbons (Fsp3) is 0.250. The number of carbonyl (C=O) groups is 1. The van der Waals surface area contributed by atoms with Crippen molar-refractivity contribution in [2.45, 2.75) is 6.92 Å². The first-order valence-corrected chi connectivity index (χ1v) is 5.52. The van der Waals surface area contributed by atoms with Crippen LogP contribution in [0.2, 0.25) is 0 Å². The van der Waals surface area contributed by atoms with E-state index in [2.05, 4.69) is 27.2 Å². The van der Waals surface area contributed by atoms with Crippen molar-refractivity contribution in [1.82, 2.24) is 5.32 Å². The van der Waals surface area contributed by atoms with Crippen molar-refractivity contribution >= 4 is 21.8 Å². The highest BCUT2D eigenvalue weighted by Gasteiger charge is 2.04. The van der Waals surface area contributed by atoms with Crippen LogP contribution in [0.5, 0.6) is 5.75 Å². The van der Waals surface area contributed by atoms with Crippen LogP contribution < -0.4 is 10.1 Å². The highest BCUT2D eigenvalue weighted by Crippen LogP contribution is 2.22. The Kier molecular flexibility index (Phi) is 4.87. The van der Waals surface area contributed by atoms with Crippen molar-refractivity contribution in [3.63, 3.8) is 0 Å². The minimum atomic E-state index is -0.225. The smallest absolute Gasteiger partial charge is 0.258 e. The van der Waals surface area contributed by atoms with E-state index >= 15 is 0 Å². The number of terminal acetylenes is 1. The number of carbonyl (C=O) groups excluding carboxylic acids is 1. The molecule has 0 saturated carbocycles. The van der Waals surface area contributed by atoms with Crippen LogP contribution in [0, 0.1) is 19.3 Å². The standard InChI is InChI=1S/C12H12BrNO2/c1-3-6-14-12(15)8-16-11-7-10(13)5-4-9(11)2/h1,4-5,7H,6,8H2,2H3,(H,14,15). The van der Waals surface area contributed by atoms with Crippen LogP contribution >= 0.6 is 15.9 Å². The Morgan fingerprint density at radius 1 is 1.62 bits per heavy atom. The molecule has 1 aromatic carbocycles. The van der Waals surface area contributed by atoms with Gasteiger partial charge in [-0.25, -0.2) is 0 Å². The molecule has 3 nitrogen and oxygen atoms in total. The maximum absolute atomic E-state index is 11.2. The van der Waals surface area contributed by atoms with Crippen molar-refractivity contribution in [3.8, 4) is 18.1 Å². The summed E-state index contributed by atoms with van der Waals surface area (Å²) in [4.78, 5) is 11.2. The van der Waals surface area contributed by atoms with E-state index in [1.807, 2.05) is 25.1 Å². The molecule has 4 heteroatoms. The lowest BCUT2D eigenvalue weighted by Crippen LogP contribution is -2.29. The van der Waals surface area contributed by atoms with Crippen molar-refractivity contribution in [1.29, 1.82) is 0 Å². The maximum Gasteiger partial charge on any atom is 0.258 e. The summed E-state index contributed by atoms with van der Waals surface area (Å²) in [5.41, 5.74) is 0.980. The third-order valence-electron chi connectivity index (χ3n) is 1.90. The molecule has 0 aliphatic heterocycles. The molecule has 1 N–H and O–H groups in total. The van der Waals surface area contributed by atoms with E-state index in [0.29, 0.717) is 5.75 Å². The normalized spacial score (nSPS) is 9.31. The molecule has 0 heterocycles. The largest absolute Gasteiger partial charge is 0.483 e. The second-order valence-electron chi connectivity index (χ2n) is 3.18. The zero-order chi connectivity index (χ0) is 12.0.